The highest BCUT2D eigenvalue weighted by Gasteiger charge is 2.28. The number of nitrogens with one attached hydrogen (secondary N) is 1. The third-order valence-corrected chi connectivity index (χ3v) is 4.63. The van der Waals surface area contributed by atoms with Crippen LogP contribution in [0, 0.1) is 10.1 Å². The van der Waals surface area contributed by atoms with Gasteiger partial charge in [-0.05, 0) is 49.7 Å². The van der Waals surface area contributed by atoms with Gasteiger partial charge in [0.15, 0.2) is 0 Å². The van der Waals surface area contributed by atoms with Gasteiger partial charge in [-0.1, -0.05) is 6.42 Å². The van der Waals surface area contributed by atoms with Crippen molar-refractivity contribution in [3.8, 4) is 5.75 Å². The van der Waals surface area contributed by atoms with Crippen molar-refractivity contribution in [2.75, 3.05) is 13.1 Å². The summed E-state index contributed by atoms with van der Waals surface area (Å²) in [4.78, 5) is 29.2. The molecule has 9 nitrogen and oxygen atoms in total. The molecule has 0 saturated carbocycles. The van der Waals surface area contributed by atoms with Crippen LogP contribution < -0.4 is 5.43 Å². The number of hydrazone groups is 1. The number of carbonyl (C=O) groups is 1. The number of carbonyl (C=O) groups excluding carboxylic acids is 1. The van der Waals surface area contributed by atoms with E-state index in [4.69, 9.17) is 0 Å². The SMILES string of the molecule is O=C(N/N=C\c1cc([N+](=O)[O-])ccc1O)[C@@H](c1ccncc1)N1CCCCC1. The van der Waals surface area contributed by atoms with Gasteiger partial charge in [0.05, 0.1) is 11.1 Å². The average molecular weight is 383 g/mol. The molecule has 1 saturated heterocycles. The lowest BCUT2D eigenvalue weighted by molar-refractivity contribution is -0.384. The molecule has 2 heterocycles. The summed E-state index contributed by atoms with van der Waals surface area (Å²) in [6.07, 6.45) is 7.68. The quantitative estimate of drug-likeness (QED) is 0.449. The summed E-state index contributed by atoms with van der Waals surface area (Å²) in [5.41, 5.74) is 3.29. The predicted octanol–water partition coefficient (Wildman–Crippen LogP) is 2.37. The maximum absolute atomic E-state index is 12.8. The summed E-state index contributed by atoms with van der Waals surface area (Å²) in [7, 11) is 0. The van der Waals surface area contributed by atoms with Crippen LogP contribution in [0.25, 0.3) is 0 Å². The van der Waals surface area contributed by atoms with Gasteiger partial charge in [-0.3, -0.25) is 24.8 Å². The van der Waals surface area contributed by atoms with E-state index in [2.05, 4.69) is 20.4 Å². The number of non-ortho nitro benzene ring substituents is 1. The van der Waals surface area contributed by atoms with E-state index in [1.54, 1.807) is 24.5 Å². The van der Waals surface area contributed by atoms with Crippen molar-refractivity contribution in [2.45, 2.75) is 25.3 Å². The first-order valence-corrected chi connectivity index (χ1v) is 9.00. The summed E-state index contributed by atoms with van der Waals surface area (Å²) in [5, 5.41) is 24.6. The summed E-state index contributed by atoms with van der Waals surface area (Å²) in [6, 6.07) is 6.70. The standard InChI is InChI=1S/C19H21N5O4/c25-17-5-4-16(24(27)28)12-15(17)13-21-22-19(26)18(14-6-8-20-9-7-14)23-10-2-1-3-11-23/h4-9,12-13,18,25H,1-3,10-11H2,(H,22,26)/b21-13-/t18-/m1/s1. The molecule has 0 unspecified atom stereocenters. The van der Waals surface area contributed by atoms with E-state index in [-0.39, 0.29) is 22.9 Å². The van der Waals surface area contributed by atoms with Gasteiger partial charge >= 0.3 is 0 Å². The van der Waals surface area contributed by atoms with Crippen LogP contribution in [0.2, 0.25) is 0 Å². The van der Waals surface area contributed by atoms with Crippen molar-refractivity contribution in [3.63, 3.8) is 0 Å². The highest BCUT2D eigenvalue weighted by Crippen LogP contribution is 2.25. The van der Waals surface area contributed by atoms with E-state index in [0.29, 0.717) is 0 Å². The number of amides is 1. The first-order chi connectivity index (χ1) is 13.6. The molecule has 1 fully saturated rings. The summed E-state index contributed by atoms with van der Waals surface area (Å²) in [5.74, 6) is -0.473. The number of aromatic nitrogens is 1. The Morgan fingerprint density at radius 1 is 1.25 bits per heavy atom. The van der Waals surface area contributed by atoms with Crippen LogP contribution in [0.1, 0.15) is 36.4 Å². The Kier molecular flexibility index (Phi) is 6.28. The molecule has 0 aliphatic carbocycles. The molecule has 1 amide bonds. The van der Waals surface area contributed by atoms with E-state index < -0.39 is 11.0 Å². The van der Waals surface area contributed by atoms with Gasteiger partial charge in [0.2, 0.25) is 0 Å². The molecule has 1 aromatic heterocycles. The molecule has 2 N–H and O–H groups in total. The van der Waals surface area contributed by atoms with Gasteiger partial charge in [-0.2, -0.15) is 5.10 Å². The second kappa shape index (κ2) is 9.05. The molecule has 1 aliphatic heterocycles. The molecule has 1 aliphatic rings. The van der Waals surface area contributed by atoms with Crippen LogP contribution >= 0.6 is 0 Å². The summed E-state index contributed by atoms with van der Waals surface area (Å²) >= 11 is 0. The molecule has 0 bridgehead atoms. The number of hydrogen-bond donors (Lipinski definition) is 2. The highest BCUT2D eigenvalue weighted by molar-refractivity contribution is 5.87. The van der Waals surface area contributed by atoms with Crippen LogP contribution in [-0.4, -0.2) is 45.1 Å². The maximum Gasteiger partial charge on any atom is 0.270 e. The van der Waals surface area contributed by atoms with Crippen molar-refractivity contribution < 1.29 is 14.8 Å². The van der Waals surface area contributed by atoms with Crippen LogP contribution in [0.4, 0.5) is 5.69 Å². The molecule has 2 aromatic rings. The zero-order valence-electron chi connectivity index (χ0n) is 15.2. The third kappa shape index (κ3) is 4.68. The Labute approximate surface area is 161 Å². The van der Waals surface area contributed by atoms with Crippen molar-refractivity contribution in [1.82, 2.24) is 15.3 Å². The fraction of sp³-hybridized carbons (Fsp3) is 0.316. The smallest absolute Gasteiger partial charge is 0.270 e. The number of piperidine rings is 1. The van der Waals surface area contributed by atoms with E-state index in [1.165, 1.54) is 24.4 Å². The second-order valence-electron chi connectivity index (χ2n) is 6.51. The number of phenolic OH excluding ortho intramolecular Hbond substituents is 1. The largest absolute Gasteiger partial charge is 0.507 e. The number of nitro groups is 1. The first-order valence-electron chi connectivity index (χ1n) is 9.00. The minimum atomic E-state index is -0.564. The molecular formula is C19H21N5O4. The van der Waals surface area contributed by atoms with Crippen molar-refractivity contribution in [3.05, 3.63) is 64.0 Å². The van der Waals surface area contributed by atoms with E-state index >= 15 is 0 Å². The van der Waals surface area contributed by atoms with Gasteiger partial charge in [0.1, 0.15) is 11.8 Å². The number of nitro benzene ring substituents is 1. The van der Waals surface area contributed by atoms with Crippen LogP contribution in [-0.2, 0) is 4.79 Å². The molecule has 0 radical (unpaired) electrons. The first kappa shape index (κ1) is 19.4. The monoisotopic (exact) mass is 383 g/mol. The number of nitrogens with zero attached hydrogens (tertiary/aromatic N) is 4. The Hall–Kier alpha value is -3.33. The number of benzene rings is 1. The van der Waals surface area contributed by atoms with Crippen LogP contribution in [0.5, 0.6) is 5.75 Å². The fourth-order valence-corrected chi connectivity index (χ4v) is 3.24. The molecule has 3 rings (SSSR count). The Balaban J connectivity index is 1.76. The van der Waals surface area contributed by atoms with Gasteiger partial charge < -0.3 is 5.11 Å². The molecule has 146 valence electrons. The second-order valence-corrected chi connectivity index (χ2v) is 6.51. The average Bonchev–Trinajstić information content (AvgIpc) is 2.71. The van der Waals surface area contributed by atoms with E-state index in [0.717, 1.165) is 37.9 Å². The third-order valence-electron chi connectivity index (χ3n) is 4.63. The molecular weight excluding hydrogens is 362 g/mol. The zero-order chi connectivity index (χ0) is 19.9. The van der Waals surface area contributed by atoms with Crippen LogP contribution in [0.3, 0.4) is 0 Å². The molecule has 1 atom stereocenters. The van der Waals surface area contributed by atoms with Crippen molar-refractivity contribution in [2.24, 2.45) is 5.10 Å². The minimum Gasteiger partial charge on any atom is -0.507 e. The van der Waals surface area contributed by atoms with Crippen LogP contribution in [0.15, 0.2) is 47.8 Å². The summed E-state index contributed by atoms with van der Waals surface area (Å²) in [6.45, 7) is 1.63. The minimum absolute atomic E-state index is 0.146. The Bertz CT molecular complexity index is 866. The molecule has 1 aromatic carbocycles. The van der Waals surface area contributed by atoms with E-state index in [9.17, 15) is 20.0 Å². The topological polar surface area (TPSA) is 121 Å². The van der Waals surface area contributed by atoms with Crippen molar-refractivity contribution >= 4 is 17.8 Å². The summed E-state index contributed by atoms with van der Waals surface area (Å²) < 4.78 is 0. The Morgan fingerprint density at radius 2 is 1.96 bits per heavy atom. The predicted molar refractivity (Wildman–Crippen MR) is 103 cm³/mol. The lowest BCUT2D eigenvalue weighted by atomic mass is 10.0. The lowest BCUT2D eigenvalue weighted by Gasteiger charge is -2.33. The van der Waals surface area contributed by atoms with Gasteiger partial charge in [0, 0.05) is 30.1 Å². The molecule has 28 heavy (non-hydrogen) atoms. The van der Waals surface area contributed by atoms with Gasteiger partial charge in [-0.25, -0.2) is 5.43 Å². The Morgan fingerprint density at radius 3 is 2.64 bits per heavy atom. The molecule has 0 spiro atoms. The fourth-order valence-electron chi connectivity index (χ4n) is 3.24. The highest BCUT2D eigenvalue weighted by atomic mass is 16.6. The normalized spacial score (nSPS) is 16.0. The van der Waals surface area contributed by atoms with E-state index in [1.807, 2.05) is 0 Å². The number of phenols is 1. The zero-order valence-corrected chi connectivity index (χ0v) is 15.2. The number of hydrogen-bond acceptors (Lipinski definition) is 7. The van der Waals surface area contributed by atoms with Crippen molar-refractivity contribution in [1.29, 1.82) is 0 Å². The maximum atomic E-state index is 12.8. The number of pyridine rings is 1. The number of aromatic hydroxyl groups is 1. The lowest BCUT2D eigenvalue weighted by Crippen LogP contribution is -2.41. The van der Waals surface area contributed by atoms with Gasteiger partial charge in [-0.15, -0.1) is 0 Å². The van der Waals surface area contributed by atoms with Gasteiger partial charge in [0.25, 0.3) is 11.6 Å². The number of rotatable bonds is 6. The molecule has 9 heteroatoms. The number of likely N-dealkylation sites (tertiary alicyclic amines) is 1.